The maximum Gasteiger partial charge on any atom is 0.273 e. The molecule has 0 amide bonds. The lowest BCUT2D eigenvalue weighted by Gasteiger charge is -2.08. The van der Waals surface area contributed by atoms with E-state index in [9.17, 15) is 9.59 Å². The van der Waals surface area contributed by atoms with Crippen LogP contribution in [-0.4, -0.2) is 9.61 Å². The second-order valence-corrected chi connectivity index (χ2v) is 4.47. The smallest absolute Gasteiger partial charge is 0.268 e. The van der Waals surface area contributed by atoms with Crippen molar-refractivity contribution in [3.63, 3.8) is 0 Å². The van der Waals surface area contributed by atoms with Crippen LogP contribution in [0, 0.1) is 0 Å². The standard InChI is InChI=1S/C13H16N2O2/c1-4-9-7-10-5-6-11(8(2)3)13(17)15(10)14-12(9)16/h5-8H,4H2,1-3H3,(H,14,16). The molecule has 0 radical (unpaired) electrons. The summed E-state index contributed by atoms with van der Waals surface area (Å²) < 4.78 is 1.33. The third-order valence-corrected chi connectivity index (χ3v) is 2.97. The molecule has 0 aliphatic heterocycles. The molecule has 1 N–H and O–H groups in total. The molecule has 0 aliphatic carbocycles. The highest BCUT2D eigenvalue weighted by Gasteiger charge is 2.08. The second-order valence-electron chi connectivity index (χ2n) is 4.47. The predicted molar refractivity (Wildman–Crippen MR) is 67.8 cm³/mol. The Kier molecular flexibility index (Phi) is 2.88. The molecule has 0 aliphatic rings. The molecule has 4 nitrogen and oxygen atoms in total. The molecular formula is C13H16N2O2. The summed E-state index contributed by atoms with van der Waals surface area (Å²) in [4.78, 5) is 23.8. The van der Waals surface area contributed by atoms with Gasteiger partial charge in [-0.3, -0.25) is 14.7 Å². The van der Waals surface area contributed by atoms with Crippen molar-refractivity contribution < 1.29 is 0 Å². The van der Waals surface area contributed by atoms with Crippen LogP contribution < -0.4 is 11.1 Å². The Hall–Kier alpha value is -1.84. The van der Waals surface area contributed by atoms with Crippen molar-refractivity contribution in [3.05, 3.63) is 50.0 Å². The lowest BCUT2D eigenvalue weighted by atomic mass is 10.1. The minimum Gasteiger partial charge on any atom is -0.268 e. The first-order valence-corrected chi connectivity index (χ1v) is 5.82. The topological polar surface area (TPSA) is 54.3 Å². The lowest BCUT2D eigenvalue weighted by molar-refractivity contribution is 0.784. The number of nitrogens with zero attached hydrogens (tertiary/aromatic N) is 1. The van der Waals surface area contributed by atoms with E-state index in [1.54, 1.807) is 6.07 Å². The van der Waals surface area contributed by atoms with E-state index in [-0.39, 0.29) is 17.0 Å². The highest BCUT2D eigenvalue weighted by Crippen LogP contribution is 2.10. The van der Waals surface area contributed by atoms with Crippen LogP contribution in [0.4, 0.5) is 0 Å². The fourth-order valence-corrected chi connectivity index (χ4v) is 1.91. The second kappa shape index (κ2) is 4.20. The van der Waals surface area contributed by atoms with Crippen LogP contribution in [0.25, 0.3) is 5.52 Å². The first-order chi connectivity index (χ1) is 8.04. The fraction of sp³-hybridized carbons (Fsp3) is 0.385. The summed E-state index contributed by atoms with van der Waals surface area (Å²) in [7, 11) is 0. The largest absolute Gasteiger partial charge is 0.273 e. The van der Waals surface area contributed by atoms with E-state index >= 15 is 0 Å². The van der Waals surface area contributed by atoms with Crippen molar-refractivity contribution in [2.24, 2.45) is 0 Å². The lowest BCUT2D eigenvalue weighted by Crippen LogP contribution is -2.27. The molecule has 0 saturated carbocycles. The van der Waals surface area contributed by atoms with Crippen molar-refractivity contribution in [3.8, 4) is 0 Å². The minimum absolute atomic E-state index is 0.141. The van der Waals surface area contributed by atoms with E-state index in [1.165, 1.54) is 4.52 Å². The number of pyridine rings is 1. The van der Waals surface area contributed by atoms with Crippen LogP contribution in [-0.2, 0) is 6.42 Å². The Labute approximate surface area is 98.9 Å². The van der Waals surface area contributed by atoms with Gasteiger partial charge in [-0.25, -0.2) is 4.52 Å². The van der Waals surface area contributed by atoms with Gasteiger partial charge in [0.2, 0.25) is 0 Å². The molecule has 2 aromatic heterocycles. The normalized spacial score (nSPS) is 11.3. The molecule has 0 fully saturated rings. The molecule has 0 atom stereocenters. The molecule has 2 heterocycles. The summed E-state index contributed by atoms with van der Waals surface area (Å²) in [6, 6.07) is 5.47. The Morgan fingerprint density at radius 3 is 2.59 bits per heavy atom. The van der Waals surface area contributed by atoms with Gasteiger partial charge >= 0.3 is 0 Å². The third kappa shape index (κ3) is 1.90. The van der Waals surface area contributed by atoms with E-state index < -0.39 is 0 Å². The summed E-state index contributed by atoms with van der Waals surface area (Å²) in [5.41, 5.74) is 1.81. The maximum atomic E-state index is 12.1. The summed E-state index contributed by atoms with van der Waals surface area (Å²) in [6.45, 7) is 5.84. The van der Waals surface area contributed by atoms with Crippen molar-refractivity contribution in [1.29, 1.82) is 0 Å². The molecule has 2 rings (SSSR count). The molecule has 0 spiro atoms. The van der Waals surface area contributed by atoms with Crippen molar-refractivity contribution in [2.75, 3.05) is 0 Å². The van der Waals surface area contributed by atoms with Gasteiger partial charge in [0.05, 0.1) is 5.52 Å². The predicted octanol–water partition coefficient (Wildman–Crippen LogP) is 1.67. The van der Waals surface area contributed by atoms with Gasteiger partial charge in [-0.1, -0.05) is 26.8 Å². The van der Waals surface area contributed by atoms with Crippen molar-refractivity contribution in [2.45, 2.75) is 33.1 Å². The maximum absolute atomic E-state index is 12.1. The first kappa shape index (κ1) is 11.6. The fourth-order valence-electron chi connectivity index (χ4n) is 1.91. The van der Waals surface area contributed by atoms with Crippen LogP contribution >= 0.6 is 0 Å². The summed E-state index contributed by atoms with van der Waals surface area (Å²) in [5.74, 6) is 0.147. The highest BCUT2D eigenvalue weighted by molar-refractivity contribution is 5.48. The number of aromatic nitrogens is 2. The van der Waals surface area contributed by atoms with E-state index in [0.29, 0.717) is 17.5 Å². The Morgan fingerprint density at radius 1 is 1.29 bits per heavy atom. The monoisotopic (exact) mass is 232 g/mol. The van der Waals surface area contributed by atoms with Gasteiger partial charge in [-0.05, 0) is 24.5 Å². The SMILES string of the molecule is CCc1cc2ccc(C(C)C)c(=O)n2[nH]c1=O. The molecule has 4 heteroatoms. The van der Waals surface area contributed by atoms with Crippen LogP contribution in [0.2, 0.25) is 0 Å². The zero-order chi connectivity index (χ0) is 12.6. The number of aromatic amines is 1. The van der Waals surface area contributed by atoms with Gasteiger partial charge in [0, 0.05) is 11.1 Å². The number of rotatable bonds is 2. The summed E-state index contributed by atoms with van der Waals surface area (Å²) in [6.07, 6.45) is 0.659. The number of hydrogen-bond acceptors (Lipinski definition) is 2. The molecule has 90 valence electrons. The Balaban J connectivity index is 2.84. The molecule has 0 saturated heterocycles. The molecule has 17 heavy (non-hydrogen) atoms. The van der Waals surface area contributed by atoms with E-state index in [4.69, 9.17) is 0 Å². The van der Waals surface area contributed by atoms with Gasteiger partial charge in [0.15, 0.2) is 0 Å². The van der Waals surface area contributed by atoms with Gasteiger partial charge < -0.3 is 0 Å². The van der Waals surface area contributed by atoms with Gasteiger partial charge in [0.25, 0.3) is 11.1 Å². The highest BCUT2D eigenvalue weighted by atomic mass is 16.1. The Morgan fingerprint density at radius 2 is 2.00 bits per heavy atom. The van der Waals surface area contributed by atoms with E-state index in [0.717, 1.165) is 5.52 Å². The van der Waals surface area contributed by atoms with Gasteiger partial charge in [-0.2, -0.15) is 0 Å². The average molecular weight is 232 g/mol. The molecule has 0 unspecified atom stereocenters. The number of hydrogen-bond donors (Lipinski definition) is 1. The van der Waals surface area contributed by atoms with Crippen LogP contribution in [0.5, 0.6) is 0 Å². The third-order valence-electron chi connectivity index (χ3n) is 2.97. The molecular weight excluding hydrogens is 216 g/mol. The summed E-state index contributed by atoms with van der Waals surface area (Å²) in [5, 5.41) is 2.62. The zero-order valence-corrected chi connectivity index (χ0v) is 10.3. The zero-order valence-electron chi connectivity index (χ0n) is 10.3. The molecule has 0 bridgehead atoms. The van der Waals surface area contributed by atoms with Gasteiger partial charge in [0.1, 0.15) is 0 Å². The number of nitrogens with one attached hydrogen (secondary N) is 1. The number of aryl methyl sites for hydroxylation is 1. The van der Waals surface area contributed by atoms with Crippen LogP contribution in [0.3, 0.4) is 0 Å². The minimum atomic E-state index is -0.192. The average Bonchev–Trinajstić information content (AvgIpc) is 2.29. The first-order valence-electron chi connectivity index (χ1n) is 5.82. The van der Waals surface area contributed by atoms with Crippen molar-refractivity contribution in [1.82, 2.24) is 9.61 Å². The van der Waals surface area contributed by atoms with Gasteiger partial charge in [-0.15, -0.1) is 0 Å². The summed E-state index contributed by atoms with van der Waals surface area (Å²) >= 11 is 0. The quantitative estimate of drug-likeness (QED) is 0.856. The van der Waals surface area contributed by atoms with Crippen molar-refractivity contribution >= 4 is 5.52 Å². The van der Waals surface area contributed by atoms with Crippen LogP contribution in [0.15, 0.2) is 27.8 Å². The van der Waals surface area contributed by atoms with E-state index in [1.807, 2.05) is 32.9 Å². The van der Waals surface area contributed by atoms with Crippen LogP contribution in [0.1, 0.15) is 37.8 Å². The molecule has 2 aromatic rings. The molecule has 0 aromatic carbocycles. The number of H-pyrrole nitrogens is 1. The number of fused-ring (bicyclic) bond motifs is 1. The van der Waals surface area contributed by atoms with E-state index in [2.05, 4.69) is 5.10 Å². The Bertz CT molecular complexity index is 665.